The molecule has 0 bridgehead atoms. The molecule has 156 valence electrons. The van der Waals surface area contributed by atoms with E-state index in [1.54, 1.807) is 24.3 Å². The van der Waals surface area contributed by atoms with E-state index in [-0.39, 0.29) is 30.2 Å². The van der Waals surface area contributed by atoms with Crippen LogP contribution in [0.5, 0.6) is 5.75 Å². The van der Waals surface area contributed by atoms with Crippen LogP contribution in [0, 0.1) is 0 Å². The Morgan fingerprint density at radius 2 is 1.79 bits per heavy atom. The molecule has 0 saturated carbocycles. The molecule has 2 aromatic carbocycles. The number of nitrogens with one attached hydrogen (secondary N) is 2. The van der Waals surface area contributed by atoms with Crippen LogP contribution in [0.4, 0.5) is 0 Å². The molecule has 0 spiro atoms. The summed E-state index contributed by atoms with van der Waals surface area (Å²) >= 11 is 5.85. The minimum absolute atomic E-state index is 0.00207. The lowest BCUT2D eigenvalue weighted by molar-refractivity contribution is -0.120. The van der Waals surface area contributed by atoms with Crippen molar-refractivity contribution in [3.8, 4) is 5.75 Å². The van der Waals surface area contributed by atoms with Crippen LogP contribution < -0.4 is 15.4 Å². The molecule has 2 amide bonds. The number of hydrogen-bond acceptors (Lipinski definition) is 5. The zero-order valence-electron chi connectivity index (χ0n) is 16.0. The second kappa shape index (κ2) is 10.2. The highest BCUT2D eigenvalue weighted by atomic mass is 35.5. The Labute approximate surface area is 174 Å². The third-order valence-corrected chi connectivity index (χ3v) is 5.82. The van der Waals surface area contributed by atoms with E-state index in [2.05, 4.69) is 10.6 Å². The van der Waals surface area contributed by atoms with Gasteiger partial charge in [0.2, 0.25) is 15.9 Å². The highest BCUT2D eigenvalue weighted by Crippen LogP contribution is 2.17. The van der Waals surface area contributed by atoms with Gasteiger partial charge in [0.15, 0.2) is 0 Å². The summed E-state index contributed by atoms with van der Waals surface area (Å²) in [6.45, 7) is 0.239. The first-order valence-electron chi connectivity index (χ1n) is 8.66. The molecule has 0 saturated heterocycles. The highest BCUT2D eigenvalue weighted by Gasteiger charge is 2.18. The van der Waals surface area contributed by atoms with E-state index in [4.69, 9.17) is 16.3 Å². The molecule has 0 aliphatic rings. The van der Waals surface area contributed by atoms with Gasteiger partial charge in [-0.2, -0.15) is 0 Å². The van der Waals surface area contributed by atoms with Gasteiger partial charge in [-0.1, -0.05) is 23.7 Å². The van der Waals surface area contributed by atoms with Gasteiger partial charge in [0, 0.05) is 24.7 Å². The first-order chi connectivity index (χ1) is 13.7. The van der Waals surface area contributed by atoms with Gasteiger partial charge in [0.1, 0.15) is 12.4 Å². The van der Waals surface area contributed by atoms with Crippen LogP contribution in [-0.4, -0.2) is 58.3 Å². The predicted octanol–water partition coefficient (Wildman–Crippen LogP) is 1.52. The highest BCUT2D eigenvalue weighted by molar-refractivity contribution is 7.89. The summed E-state index contributed by atoms with van der Waals surface area (Å²) < 4.78 is 30.8. The van der Waals surface area contributed by atoms with Crippen molar-refractivity contribution in [1.82, 2.24) is 14.9 Å². The van der Waals surface area contributed by atoms with Crippen LogP contribution in [0.1, 0.15) is 10.4 Å². The molecule has 0 radical (unpaired) electrons. The molecule has 2 aromatic rings. The summed E-state index contributed by atoms with van der Waals surface area (Å²) in [5, 5.41) is 5.62. The summed E-state index contributed by atoms with van der Waals surface area (Å²) in [5.41, 5.74) is 0.144. The molecule has 0 fully saturated rings. The van der Waals surface area contributed by atoms with Crippen LogP contribution >= 0.6 is 11.6 Å². The summed E-state index contributed by atoms with van der Waals surface area (Å²) in [6, 6.07) is 12.5. The number of sulfonamides is 1. The van der Waals surface area contributed by atoms with E-state index in [0.717, 1.165) is 4.31 Å². The van der Waals surface area contributed by atoms with Crippen LogP contribution in [0.25, 0.3) is 0 Å². The molecule has 0 aromatic heterocycles. The van der Waals surface area contributed by atoms with Crippen LogP contribution in [0.15, 0.2) is 53.4 Å². The first-order valence-corrected chi connectivity index (χ1v) is 10.5. The molecule has 29 heavy (non-hydrogen) atoms. The van der Waals surface area contributed by atoms with E-state index in [9.17, 15) is 18.0 Å². The Bertz CT molecular complexity index is 979. The standard InChI is InChI=1S/C19H22ClN3O5S/c1-23(2)29(26,27)17-8-3-5-14(11-17)19(25)22-13-18(24)21-9-10-28-16-7-4-6-15(20)12-16/h3-8,11-12H,9-10,13H2,1-2H3,(H,21,24)(H,22,25). The van der Waals surface area contributed by atoms with E-state index in [1.165, 1.54) is 38.4 Å². The Balaban J connectivity index is 1.79. The molecule has 0 atom stereocenters. The number of nitrogens with zero attached hydrogens (tertiary/aromatic N) is 1. The number of rotatable bonds is 9. The Morgan fingerprint density at radius 3 is 2.48 bits per heavy atom. The van der Waals surface area contributed by atoms with Gasteiger partial charge in [-0.05, 0) is 36.4 Å². The molecule has 10 heteroatoms. The SMILES string of the molecule is CN(C)S(=O)(=O)c1cccc(C(=O)NCC(=O)NCCOc2cccc(Cl)c2)c1. The van der Waals surface area contributed by atoms with E-state index < -0.39 is 21.8 Å². The number of hydrogen-bond donors (Lipinski definition) is 2. The molecule has 2 rings (SSSR count). The predicted molar refractivity (Wildman–Crippen MR) is 110 cm³/mol. The van der Waals surface area contributed by atoms with Gasteiger partial charge in [0.25, 0.3) is 5.91 Å². The molecule has 0 unspecified atom stereocenters. The zero-order chi connectivity index (χ0) is 21.4. The first kappa shape index (κ1) is 22.7. The van der Waals surface area contributed by atoms with Gasteiger partial charge < -0.3 is 15.4 Å². The summed E-state index contributed by atoms with van der Waals surface area (Å²) in [5.74, 6) is -0.358. The summed E-state index contributed by atoms with van der Waals surface area (Å²) in [6.07, 6.45) is 0. The monoisotopic (exact) mass is 439 g/mol. The number of ether oxygens (including phenoxy) is 1. The number of benzene rings is 2. The van der Waals surface area contributed by atoms with Crippen LogP contribution in [-0.2, 0) is 14.8 Å². The van der Waals surface area contributed by atoms with E-state index >= 15 is 0 Å². The van der Waals surface area contributed by atoms with Gasteiger partial charge in [-0.15, -0.1) is 0 Å². The van der Waals surface area contributed by atoms with Crippen molar-refractivity contribution in [2.75, 3.05) is 33.8 Å². The fourth-order valence-corrected chi connectivity index (χ4v) is 3.38. The molecule has 0 aliphatic heterocycles. The van der Waals surface area contributed by atoms with Crippen molar-refractivity contribution >= 4 is 33.4 Å². The smallest absolute Gasteiger partial charge is 0.251 e. The number of amides is 2. The minimum Gasteiger partial charge on any atom is -0.492 e. The molecular formula is C19H22ClN3O5S. The van der Waals surface area contributed by atoms with Crippen molar-refractivity contribution in [3.05, 3.63) is 59.1 Å². The molecule has 0 aliphatic carbocycles. The molecular weight excluding hydrogens is 418 g/mol. The fourth-order valence-electron chi connectivity index (χ4n) is 2.25. The topological polar surface area (TPSA) is 105 Å². The van der Waals surface area contributed by atoms with Gasteiger partial charge in [-0.25, -0.2) is 12.7 Å². The average Bonchev–Trinajstić information content (AvgIpc) is 2.69. The van der Waals surface area contributed by atoms with Crippen molar-refractivity contribution in [2.24, 2.45) is 0 Å². The maximum Gasteiger partial charge on any atom is 0.251 e. The van der Waals surface area contributed by atoms with Gasteiger partial charge in [0.05, 0.1) is 18.0 Å². The summed E-state index contributed by atoms with van der Waals surface area (Å²) in [7, 11) is -0.842. The lowest BCUT2D eigenvalue weighted by Crippen LogP contribution is -2.38. The lowest BCUT2D eigenvalue weighted by Gasteiger charge is -2.12. The third kappa shape index (κ3) is 6.74. The van der Waals surface area contributed by atoms with Crippen LogP contribution in [0.2, 0.25) is 5.02 Å². The van der Waals surface area contributed by atoms with Crippen molar-refractivity contribution < 1.29 is 22.7 Å². The van der Waals surface area contributed by atoms with Gasteiger partial charge in [-0.3, -0.25) is 9.59 Å². The maximum atomic E-state index is 12.2. The second-order valence-electron chi connectivity index (χ2n) is 6.15. The molecule has 8 nitrogen and oxygen atoms in total. The van der Waals surface area contributed by atoms with Gasteiger partial charge >= 0.3 is 0 Å². The molecule has 2 N–H and O–H groups in total. The quantitative estimate of drug-likeness (QED) is 0.576. The number of halogens is 1. The van der Waals surface area contributed by atoms with Crippen LogP contribution in [0.3, 0.4) is 0 Å². The average molecular weight is 440 g/mol. The third-order valence-electron chi connectivity index (χ3n) is 3.77. The maximum absolute atomic E-state index is 12.2. The van der Waals surface area contributed by atoms with Crippen molar-refractivity contribution in [3.63, 3.8) is 0 Å². The van der Waals surface area contributed by atoms with E-state index in [0.29, 0.717) is 10.8 Å². The minimum atomic E-state index is -3.65. The Hall–Kier alpha value is -2.62. The second-order valence-corrected chi connectivity index (χ2v) is 8.74. The Kier molecular flexibility index (Phi) is 8.00. The normalized spacial score (nSPS) is 11.2. The lowest BCUT2D eigenvalue weighted by atomic mass is 10.2. The number of carbonyl (C=O) groups is 2. The Morgan fingerprint density at radius 1 is 1.07 bits per heavy atom. The largest absolute Gasteiger partial charge is 0.492 e. The zero-order valence-corrected chi connectivity index (χ0v) is 17.6. The van der Waals surface area contributed by atoms with E-state index in [1.807, 2.05) is 0 Å². The molecule has 0 heterocycles. The fraction of sp³-hybridized carbons (Fsp3) is 0.263. The van der Waals surface area contributed by atoms with Crippen molar-refractivity contribution in [2.45, 2.75) is 4.90 Å². The summed E-state index contributed by atoms with van der Waals surface area (Å²) in [4.78, 5) is 24.1. The van der Waals surface area contributed by atoms with Crippen molar-refractivity contribution in [1.29, 1.82) is 0 Å². The number of carbonyl (C=O) groups excluding carboxylic acids is 2.